The summed E-state index contributed by atoms with van der Waals surface area (Å²) in [5.41, 5.74) is -0.226. The van der Waals surface area contributed by atoms with Gasteiger partial charge in [0.15, 0.2) is 0 Å². The second-order valence-electron chi connectivity index (χ2n) is 7.00. The molecule has 1 aromatic heterocycles. The third-order valence-corrected chi connectivity index (χ3v) is 6.85. The predicted molar refractivity (Wildman–Crippen MR) is 103 cm³/mol. The van der Waals surface area contributed by atoms with E-state index in [2.05, 4.69) is 15.5 Å². The van der Waals surface area contributed by atoms with Crippen LogP contribution in [0.4, 0.5) is 13.2 Å². The van der Waals surface area contributed by atoms with Crippen LogP contribution in [0.15, 0.2) is 59.8 Å². The minimum atomic E-state index is -4.60. The molecule has 2 heterocycles. The summed E-state index contributed by atoms with van der Waals surface area (Å²) < 4.78 is 73.0. The van der Waals surface area contributed by atoms with Gasteiger partial charge in [-0.25, -0.2) is 13.1 Å². The Labute approximate surface area is 176 Å². The molecular formula is C19H18F3N5O3S. The average Bonchev–Trinajstić information content (AvgIpc) is 3.29. The molecule has 1 saturated heterocycles. The quantitative estimate of drug-likeness (QED) is 0.590. The van der Waals surface area contributed by atoms with E-state index >= 15 is 0 Å². The number of ether oxygens (including phenoxy) is 1. The van der Waals surface area contributed by atoms with Gasteiger partial charge in [0.1, 0.15) is 18.2 Å². The number of rotatable bonds is 5. The lowest BCUT2D eigenvalue weighted by Gasteiger charge is -2.31. The van der Waals surface area contributed by atoms with Crippen molar-refractivity contribution in [1.29, 1.82) is 0 Å². The number of alkyl halides is 3. The van der Waals surface area contributed by atoms with E-state index in [0.29, 0.717) is 24.7 Å². The molecular weight excluding hydrogens is 435 g/mol. The molecule has 0 amide bonds. The molecule has 12 heteroatoms. The van der Waals surface area contributed by atoms with E-state index in [9.17, 15) is 21.6 Å². The third-order valence-electron chi connectivity index (χ3n) is 4.95. The Hall–Kier alpha value is -2.99. The van der Waals surface area contributed by atoms with Gasteiger partial charge in [-0.3, -0.25) is 0 Å². The Kier molecular flexibility index (Phi) is 5.67. The topological polar surface area (TPSA) is 90.2 Å². The van der Waals surface area contributed by atoms with Crippen LogP contribution in [0.3, 0.4) is 0 Å². The van der Waals surface area contributed by atoms with Crippen LogP contribution in [-0.4, -0.2) is 52.1 Å². The molecule has 0 bridgehead atoms. The molecule has 8 nitrogen and oxygen atoms in total. The van der Waals surface area contributed by atoms with Crippen molar-refractivity contribution in [3.63, 3.8) is 0 Å². The number of halogens is 3. The van der Waals surface area contributed by atoms with Gasteiger partial charge >= 0.3 is 6.18 Å². The van der Waals surface area contributed by atoms with Gasteiger partial charge in [-0.2, -0.15) is 17.5 Å². The van der Waals surface area contributed by atoms with Crippen LogP contribution in [0.5, 0.6) is 5.75 Å². The largest absolute Gasteiger partial charge is 0.490 e. The first kappa shape index (κ1) is 21.2. The maximum absolute atomic E-state index is 12.9. The van der Waals surface area contributed by atoms with Crippen molar-refractivity contribution < 1.29 is 26.3 Å². The van der Waals surface area contributed by atoms with Gasteiger partial charge in [-0.1, -0.05) is 6.07 Å². The summed E-state index contributed by atoms with van der Waals surface area (Å²) in [6, 6.07) is 10.9. The lowest BCUT2D eigenvalue weighted by atomic mass is 10.1. The van der Waals surface area contributed by atoms with Crippen molar-refractivity contribution in [3.05, 3.63) is 60.4 Å². The third kappa shape index (κ3) is 4.69. The molecule has 1 aliphatic rings. The number of benzene rings is 2. The van der Waals surface area contributed by atoms with Crippen molar-refractivity contribution in [3.8, 4) is 11.4 Å². The maximum atomic E-state index is 12.9. The summed E-state index contributed by atoms with van der Waals surface area (Å²) in [6.07, 6.45) is -2.49. The first-order valence-corrected chi connectivity index (χ1v) is 10.8. The second kappa shape index (κ2) is 8.27. The van der Waals surface area contributed by atoms with Crippen LogP contribution in [0, 0.1) is 0 Å². The number of aromatic nitrogens is 4. The first-order chi connectivity index (χ1) is 14.7. The standard InChI is InChI=1S/C19H18F3N5O3S/c20-19(21,22)14-2-1-3-18(12-14)31(28,29)26-10-8-17(9-11-26)30-16-6-4-15(5-7-16)27-13-23-24-25-27/h1-7,12-13,17H,8-11H2. The van der Waals surface area contributed by atoms with E-state index < -0.39 is 21.8 Å². The summed E-state index contributed by atoms with van der Waals surface area (Å²) in [6.45, 7) is 0.317. The smallest absolute Gasteiger partial charge is 0.416 e. The van der Waals surface area contributed by atoms with Crippen molar-refractivity contribution in [2.75, 3.05) is 13.1 Å². The van der Waals surface area contributed by atoms with Gasteiger partial charge in [0.25, 0.3) is 0 Å². The minimum Gasteiger partial charge on any atom is -0.490 e. The number of hydrogen-bond acceptors (Lipinski definition) is 6. The molecule has 2 aromatic carbocycles. The fourth-order valence-electron chi connectivity index (χ4n) is 3.32. The van der Waals surface area contributed by atoms with Gasteiger partial charge in [-0.05, 0) is 65.7 Å². The number of nitrogens with zero attached hydrogens (tertiary/aromatic N) is 5. The SMILES string of the molecule is O=S(=O)(c1cccc(C(F)(F)F)c1)N1CCC(Oc2ccc(-n3cnnn3)cc2)CC1. The molecule has 0 atom stereocenters. The van der Waals surface area contributed by atoms with Crippen molar-refractivity contribution in [2.24, 2.45) is 0 Å². The molecule has 0 spiro atoms. The summed E-state index contributed by atoms with van der Waals surface area (Å²) >= 11 is 0. The number of piperidine rings is 1. The molecule has 0 unspecified atom stereocenters. The molecule has 3 aromatic rings. The summed E-state index contributed by atoms with van der Waals surface area (Å²) in [5, 5.41) is 10.9. The highest BCUT2D eigenvalue weighted by Crippen LogP contribution is 2.32. The van der Waals surface area contributed by atoms with Gasteiger partial charge in [0.2, 0.25) is 10.0 Å². The van der Waals surface area contributed by atoms with Crippen LogP contribution in [0.25, 0.3) is 5.69 Å². The van der Waals surface area contributed by atoms with Crippen molar-refractivity contribution in [2.45, 2.75) is 30.0 Å². The number of tetrazole rings is 1. The predicted octanol–water partition coefficient (Wildman–Crippen LogP) is 2.91. The van der Waals surface area contributed by atoms with Crippen molar-refractivity contribution >= 4 is 10.0 Å². The second-order valence-corrected chi connectivity index (χ2v) is 8.93. The minimum absolute atomic E-state index is 0.159. The van der Waals surface area contributed by atoms with E-state index in [1.807, 2.05) is 0 Å². The summed E-state index contributed by atoms with van der Waals surface area (Å²) in [5.74, 6) is 0.621. The van der Waals surface area contributed by atoms with Crippen molar-refractivity contribution in [1.82, 2.24) is 24.5 Å². The highest BCUT2D eigenvalue weighted by atomic mass is 32.2. The van der Waals surface area contributed by atoms with Crippen LogP contribution < -0.4 is 4.74 Å². The van der Waals surface area contributed by atoms with E-state index in [1.54, 1.807) is 24.3 Å². The van der Waals surface area contributed by atoms with E-state index in [4.69, 9.17) is 4.74 Å². The van der Waals surface area contributed by atoms with Gasteiger partial charge in [0.05, 0.1) is 16.1 Å². The molecule has 4 rings (SSSR count). The highest BCUT2D eigenvalue weighted by molar-refractivity contribution is 7.89. The Morgan fingerprint density at radius 3 is 2.35 bits per heavy atom. The monoisotopic (exact) mass is 453 g/mol. The van der Waals surface area contributed by atoms with Crippen LogP contribution >= 0.6 is 0 Å². The number of sulfonamides is 1. The fraction of sp³-hybridized carbons (Fsp3) is 0.316. The zero-order chi connectivity index (χ0) is 22.1. The summed E-state index contributed by atoms with van der Waals surface area (Å²) in [4.78, 5) is -0.361. The average molecular weight is 453 g/mol. The van der Waals surface area contributed by atoms with Crippen LogP contribution in [-0.2, 0) is 16.2 Å². The fourth-order valence-corrected chi connectivity index (χ4v) is 4.84. The lowest BCUT2D eigenvalue weighted by molar-refractivity contribution is -0.137. The Morgan fingerprint density at radius 1 is 1.03 bits per heavy atom. The molecule has 31 heavy (non-hydrogen) atoms. The number of hydrogen-bond donors (Lipinski definition) is 0. The molecule has 1 fully saturated rings. The molecule has 0 radical (unpaired) electrons. The Bertz CT molecular complexity index is 1130. The zero-order valence-electron chi connectivity index (χ0n) is 16.1. The molecule has 1 aliphatic heterocycles. The Morgan fingerprint density at radius 2 is 1.74 bits per heavy atom. The molecule has 0 aliphatic carbocycles. The molecule has 164 valence electrons. The normalized spacial score (nSPS) is 16.4. The molecule has 0 saturated carbocycles. The van der Waals surface area contributed by atoms with Crippen LogP contribution in [0.2, 0.25) is 0 Å². The van der Waals surface area contributed by atoms with Gasteiger partial charge in [0, 0.05) is 13.1 Å². The molecule has 0 N–H and O–H groups in total. The summed E-state index contributed by atoms with van der Waals surface area (Å²) in [7, 11) is -4.02. The zero-order valence-corrected chi connectivity index (χ0v) is 16.9. The van der Waals surface area contributed by atoms with E-state index in [0.717, 1.165) is 17.8 Å². The van der Waals surface area contributed by atoms with E-state index in [1.165, 1.54) is 21.4 Å². The van der Waals surface area contributed by atoms with Gasteiger partial charge < -0.3 is 4.74 Å². The maximum Gasteiger partial charge on any atom is 0.416 e. The van der Waals surface area contributed by atoms with E-state index in [-0.39, 0.29) is 24.1 Å². The lowest BCUT2D eigenvalue weighted by Crippen LogP contribution is -2.41. The van der Waals surface area contributed by atoms with Crippen LogP contribution in [0.1, 0.15) is 18.4 Å². The van der Waals surface area contributed by atoms with Gasteiger partial charge in [-0.15, -0.1) is 5.10 Å². The Balaban J connectivity index is 1.38. The first-order valence-electron chi connectivity index (χ1n) is 9.41. The highest BCUT2D eigenvalue weighted by Gasteiger charge is 2.34.